The highest BCUT2D eigenvalue weighted by Gasteiger charge is 2.23. The lowest BCUT2D eigenvalue weighted by Gasteiger charge is -2.35. The Balaban J connectivity index is 1.46. The summed E-state index contributed by atoms with van der Waals surface area (Å²) in [7, 11) is 0. The molecule has 3 aromatic rings. The van der Waals surface area contributed by atoms with Crippen LogP contribution in [-0.2, 0) is 0 Å². The number of hydrogen-bond donors (Lipinski definition) is 2. The van der Waals surface area contributed by atoms with Gasteiger partial charge < -0.3 is 20.1 Å². The first-order valence-corrected chi connectivity index (χ1v) is 10.5. The van der Waals surface area contributed by atoms with Crippen molar-refractivity contribution in [1.82, 2.24) is 14.9 Å². The van der Waals surface area contributed by atoms with E-state index in [0.29, 0.717) is 52.7 Å². The van der Waals surface area contributed by atoms with Gasteiger partial charge in [0, 0.05) is 54.8 Å². The smallest absolute Gasteiger partial charge is 0.258 e. The molecule has 7 nitrogen and oxygen atoms in total. The summed E-state index contributed by atoms with van der Waals surface area (Å²) < 4.78 is 0.337. The molecule has 9 heteroatoms. The van der Waals surface area contributed by atoms with Crippen molar-refractivity contribution in [3.05, 3.63) is 81.7 Å². The van der Waals surface area contributed by atoms with Crippen molar-refractivity contribution >= 4 is 47.1 Å². The third-order valence-electron chi connectivity index (χ3n) is 5.01. The Hall–Kier alpha value is -3.23. The van der Waals surface area contributed by atoms with Crippen LogP contribution < -0.4 is 10.2 Å². The molecule has 0 saturated carbocycles. The number of benzene rings is 1. The van der Waals surface area contributed by atoms with E-state index in [1.54, 1.807) is 47.6 Å². The summed E-state index contributed by atoms with van der Waals surface area (Å²) in [5, 5.41) is 3.14. The Morgan fingerprint density at radius 3 is 2.58 bits per heavy atom. The van der Waals surface area contributed by atoms with Crippen molar-refractivity contribution < 1.29 is 9.59 Å². The molecule has 158 valence electrons. The van der Waals surface area contributed by atoms with Gasteiger partial charge in [0.25, 0.3) is 11.8 Å². The molecule has 0 atom stereocenters. The van der Waals surface area contributed by atoms with Crippen LogP contribution in [0.25, 0.3) is 0 Å². The molecule has 3 heterocycles. The lowest BCUT2D eigenvalue weighted by atomic mass is 10.1. The SMILES string of the molecule is O=C(Nc1cc(Cl)cc(C(=O)N2CCN(c3ccccn3)CC2)c1)c1ccc[nH]c1=S. The first-order chi connectivity index (χ1) is 15.0. The van der Waals surface area contributed by atoms with Gasteiger partial charge in [-0.15, -0.1) is 0 Å². The Morgan fingerprint density at radius 1 is 1.06 bits per heavy atom. The van der Waals surface area contributed by atoms with E-state index in [4.69, 9.17) is 23.8 Å². The van der Waals surface area contributed by atoms with Crippen molar-refractivity contribution in [2.24, 2.45) is 0 Å². The molecule has 0 spiro atoms. The molecule has 1 aromatic carbocycles. The van der Waals surface area contributed by atoms with E-state index in [9.17, 15) is 9.59 Å². The summed E-state index contributed by atoms with van der Waals surface area (Å²) in [5.74, 6) is 0.406. The van der Waals surface area contributed by atoms with Gasteiger partial charge in [-0.25, -0.2) is 4.98 Å². The summed E-state index contributed by atoms with van der Waals surface area (Å²) in [6.45, 7) is 2.53. The second-order valence-corrected chi connectivity index (χ2v) is 7.91. The fourth-order valence-electron chi connectivity index (χ4n) is 3.45. The predicted octanol–water partition coefficient (Wildman–Crippen LogP) is 4.01. The van der Waals surface area contributed by atoms with Gasteiger partial charge >= 0.3 is 0 Å². The summed E-state index contributed by atoms with van der Waals surface area (Å²) in [4.78, 5) is 36.7. The van der Waals surface area contributed by atoms with E-state index in [2.05, 4.69) is 20.2 Å². The zero-order chi connectivity index (χ0) is 21.8. The van der Waals surface area contributed by atoms with Crippen molar-refractivity contribution in [3.63, 3.8) is 0 Å². The molecule has 31 heavy (non-hydrogen) atoms. The van der Waals surface area contributed by atoms with Crippen LogP contribution in [0.15, 0.2) is 60.9 Å². The minimum Gasteiger partial charge on any atom is -0.353 e. The van der Waals surface area contributed by atoms with Gasteiger partial charge in [0.15, 0.2) is 0 Å². The summed E-state index contributed by atoms with van der Waals surface area (Å²) >= 11 is 11.4. The zero-order valence-electron chi connectivity index (χ0n) is 16.5. The number of amides is 2. The van der Waals surface area contributed by atoms with Gasteiger partial charge in [0.1, 0.15) is 10.5 Å². The molecule has 2 amide bonds. The first kappa shape index (κ1) is 21.0. The number of H-pyrrole nitrogens is 1. The zero-order valence-corrected chi connectivity index (χ0v) is 18.1. The average Bonchev–Trinajstić information content (AvgIpc) is 2.79. The maximum absolute atomic E-state index is 13.1. The number of aromatic amines is 1. The quantitative estimate of drug-likeness (QED) is 0.583. The number of hydrogen-bond acceptors (Lipinski definition) is 5. The van der Waals surface area contributed by atoms with Crippen molar-refractivity contribution in [3.8, 4) is 0 Å². The van der Waals surface area contributed by atoms with Gasteiger partial charge in [0.05, 0.1) is 5.56 Å². The topological polar surface area (TPSA) is 81.3 Å². The van der Waals surface area contributed by atoms with Crippen LogP contribution in [0, 0.1) is 4.64 Å². The highest BCUT2D eigenvalue weighted by molar-refractivity contribution is 7.71. The number of pyridine rings is 2. The molecule has 0 aliphatic carbocycles. The number of aromatic nitrogens is 2. The monoisotopic (exact) mass is 453 g/mol. The molecule has 1 saturated heterocycles. The minimum absolute atomic E-state index is 0.129. The second kappa shape index (κ2) is 9.28. The molecule has 2 aromatic heterocycles. The van der Waals surface area contributed by atoms with E-state index in [-0.39, 0.29) is 11.8 Å². The molecule has 4 rings (SSSR count). The number of piperazine rings is 1. The average molecular weight is 454 g/mol. The van der Waals surface area contributed by atoms with E-state index in [0.717, 1.165) is 5.82 Å². The molecule has 0 bridgehead atoms. The van der Waals surface area contributed by atoms with Gasteiger partial charge in [-0.2, -0.15) is 0 Å². The standard InChI is InChI=1S/C22H20ClN5O2S/c23-16-12-15(13-17(14-16)26-20(29)18-4-3-7-25-21(18)31)22(30)28-10-8-27(9-11-28)19-5-1-2-6-24-19/h1-7,12-14H,8-11H2,(H,25,31)(H,26,29). The maximum atomic E-state index is 13.1. The fourth-order valence-corrected chi connectivity index (χ4v) is 3.91. The van der Waals surface area contributed by atoms with Gasteiger partial charge in [-0.3, -0.25) is 9.59 Å². The van der Waals surface area contributed by atoms with E-state index in [1.807, 2.05) is 18.2 Å². The largest absolute Gasteiger partial charge is 0.353 e. The summed E-state index contributed by atoms with van der Waals surface area (Å²) in [6.07, 6.45) is 3.42. The molecule has 1 aliphatic rings. The van der Waals surface area contributed by atoms with Crippen LogP contribution in [0.2, 0.25) is 5.02 Å². The molecular formula is C22H20ClN5O2S. The maximum Gasteiger partial charge on any atom is 0.258 e. The summed E-state index contributed by atoms with van der Waals surface area (Å²) in [5.41, 5.74) is 1.20. The molecule has 0 unspecified atom stereocenters. The van der Waals surface area contributed by atoms with Gasteiger partial charge in [0.2, 0.25) is 0 Å². The Bertz CT molecular complexity index is 1160. The van der Waals surface area contributed by atoms with Crippen molar-refractivity contribution in [2.75, 3.05) is 36.4 Å². The Morgan fingerprint density at radius 2 is 1.87 bits per heavy atom. The van der Waals surface area contributed by atoms with E-state index in [1.165, 1.54) is 0 Å². The van der Waals surface area contributed by atoms with Crippen LogP contribution in [0.3, 0.4) is 0 Å². The fraction of sp³-hybridized carbons (Fsp3) is 0.182. The number of carbonyl (C=O) groups excluding carboxylic acids is 2. The normalized spacial score (nSPS) is 13.7. The Labute approximate surface area is 189 Å². The number of rotatable bonds is 4. The first-order valence-electron chi connectivity index (χ1n) is 9.76. The minimum atomic E-state index is -0.369. The van der Waals surface area contributed by atoms with Crippen molar-refractivity contribution in [1.29, 1.82) is 0 Å². The third kappa shape index (κ3) is 4.92. The predicted molar refractivity (Wildman–Crippen MR) is 123 cm³/mol. The van der Waals surface area contributed by atoms with Crippen LogP contribution in [0.5, 0.6) is 0 Å². The second-order valence-electron chi connectivity index (χ2n) is 7.06. The van der Waals surface area contributed by atoms with Crippen LogP contribution in [0.4, 0.5) is 11.5 Å². The lowest BCUT2D eigenvalue weighted by Crippen LogP contribution is -2.49. The molecule has 2 N–H and O–H groups in total. The Kier molecular flexibility index (Phi) is 6.29. The molecule has 1 fully saturated rings. The van der Waals surface area contributed by atoms with Gasteiger partial charge in [-0.1, -0.05) is 29.9 Å². The third-order valence-corrected chi connectivity index (χ3v) is 5.56. The number of nitrogens with one attached hydrogen (secondary N) is 2. The molecular weight excluding hydrogens is 434 g/mol. The van der Waals surface area contributed by atoms with Crippen LogP contribution in [0.1, 0.15) is 20.7 Å². The lowest BCUT2D eigenvalue weighted by molar-refractivity contribution is 0.0746. The molecule has 1 aliphatic heterocycles. The molecule has 0 radical (unpaired) electrons. The van der Waals surface area contributed by atoms with Crippen molar-refractivity contribution in [2.45, 2.75) is 0 Å². The number of carbonyl (C=O) groups is 2. The van der Waals surface area contributed by atoms with Crippen LogP contribution >= 0.6 is 23.8 Å². The highest BCUT2D eigenvalue weighted by Crippen LogP contribution is 2.22. The number of anilines is 2. The van der Waals surface area contributed by atoms with Gasteiger partial charge in [-0.05, 0) is 42.5 Å². The highest BCUT2D eigenvalue weighted by atomic mass is 35.5. The number of halogens is 1. The van der Waals surface area contributed by atoms with E-state index < -0.39 is 0 Å². The van der Waals surface area contributed by atoms with E-state index >= 15 is 0 Å². The van der Waals surface area contributed by atoms with Crippen LogP contribution in [-0.4, -0.2) is 52.9 Å². The number of nitrogens with zero attached hydrogens (tertiary/aromatic N) is 3. The summed E-state index contributed by atoms with van der Waals surface area (Å²) in [6, 6.07) is 14.0.